The number of aliphatic carboxylic acids is 1. The predicted octanol–water partition coefficient (Wildman–Crippen LogP) is 2.38. The zero-order valence-electron chi connectivity index (χ0n) is 25.7. The molecule has 44 heavy (non-hydrogen) atoms. The molecular formula is C28H48N6O9S. The summed E-state index contributed by atoms with van der Waals surface area (Å²) in [6.07, 6.45) is 4.69. The number of carbonyl (C=O) groups excluding carboxylic acids is 3. The second-order valence-electron chi connectivity index (χ2n) is 10.8. The van der Waals surface area contributed by atoms with Crippen molar-refractivity contribution in [1.82, 2.24) is 15.5 Å². The molecule has 0 aromatic carbocycles. The zero-order valence-corrected chi connectivity index (χ0v) is 26.5. The van der Waals surface area contributed by atoms with Crippen LogP contribution in [0.15, 0.2) is 5.11 Å². The maximum Gasteiger partial charge on any atom is 0.315 e. The number of urea groups is 1. The van der Waals surface area contributed by atoms with Gasteiger partial charge in [-0.3, -0.25) is 14.4 Å². The Hall–Kier alpha value is -2.62. The lowest BCUT2D eigenvalue weighted by molar-refractivity contribution is -0.144. The number of carboxylic acid groups (broad SMARTS) is 1. The number of hydrogen-bond acceptors (Lipinski definition) is 10. The summed E-state index contributed by atoms with van der Waals surface area (Å²) < 4.78 is 21.2. The Morgan fingerprint density at radius 1 is 1.02 bits per heavy atom. The van der Waals surface area contributed by atoms with Crippen LogP contribution in [0.25, 0.3) is 10.4 Å². The fourth-order valence-corrected chi connectivity index (χ4v) is 6.51. The van der Waals surface area contributed by atoms with Crippen molar-refractivity contribution in [3.05, 3.63) is 10.4 Å². The van der Waals surface area contributed by atoms with Crippen LogP contribution in [0.1, 0.15) is 51.4 Å². The number of carboxylic acids is 1. The summed E-state index contributed by atoms with van der Waals surface area (Å²) in [5.41, 5.74) is 8.15. The van der Waals surface area contributed by atoms with Crippen molar-refractivity contribution in [3.8, 4) is 0 Å². The molecule has 3 N–H and O–H groups in total. The van der Waals surface area contributed by atoms with Crippen LogP contribution >= 0.6 is 11.8 Å². The van der Waals surface area contributed by atoms with Crippen LogP contribution in [-0.2, 0) is 33.3 Å². The number of nitrogens with zero attached hydrogens (tertiary/aromatic N) is 4. The number of thioether (sulfide) groups is 1. The highest BCUT2D eigenvalue weighted by atomic mass is 32.2. The SMILES string of the molecule is CN(CCCC[C@H](CC(=O)COCCOCCOCCOCCN=[N+]=[N-])C(=O)O)C(=O)CCCC[C@@H]1SC[C@@H]2NC(=O)N[C@@H]21. The van der Waals surface area contributed by atoms with Gasteiger partial charge >= 0.3 is 12.0 Å². The molecule has 0 bridgehead atoms. The van der Waals surface area contributed by atoms with Gasteiger partial charge in [-0.25, -0.2) is 4.79 Å². The number of carbonyl (C=O) groups is 4. The van der Waals surface area contributed by atoms with Crippen LogP contribution in [0.4, 0.5) is 4.79 Å². The van der Waals surface area contributed by atoms with Gasteiger partial charge in [0.15, 0.2) is 5.78 Å². The molecule has 0 aromatic heterocycles. The number of hydrogen-bond donors (Lipinski definition) is 3. The minimum Gasteiger partial charge on any atom is -0.481 e. The van der Waals surface area contributed by atoms with E-state index in [2.05, 4.69) is 20.7 Å². The number of Topliss-reactive ketones (excluding diaryl/α,β-unsaturated/α-hetero) is 1. The summed E-state index contributed by atoms with van der Waals surface area (Å²) in [5.74, 6) is -1.06. The molecule has 2 fully saturated rings. The minimum atomic E-state index is -1.01. The van der Waals surface area contributed by atoms with E-state index in [0.717, 1.165) is 25.0 Å². The minimum absolute atomic E-state index is 0.0707. The fourth-order valence-electron chi connectivity index (χ4n) is 4.96. The lowest BCUT2D eigenvalue weighted by atomic mass is 9.96. The first-order valence-corrected chi connectivity index (χ1v) is 16.4. The Morgan fingerprint density at radius 2 is 1.70 bits per heavy atom. The Labute approximate surface area is 263 Å². The molecule has 0 aromatic rings. The molecule has 2 aliphatic rings. The molecule has 15 nitrogen and oxygen atoms in total. The van der Waals surface area contributed by atoms with Gasteiger partial charge in [0.2, 0.25) is 5.91 Å². The van der Waals surface area contributed by atoms with Gasteiger partial charge in [-0.2, -0.15) is 11.8 Å². The largest absolute Gasteiger partial charge is 0.481 e. The molecule has 4 atom stereocenters. The van der Waals surface area contributed by atoms with Crippen LogP contribution in [-0.4, -0.2) is 130 Å². The molecular weight excluding hydrogens is 596 g/mol. The number of nitrogens with one attached hydrogen (secondary N) is 2. The van der Waals surface area contributed by atoms with Crippen LogP contribution in [0.5, 0.6) is 0 Å². The fraction of sp³-hybridized carbons (Fsp3) is 0.857. The number of unbranched alkanes of at least 4 members (excludes halogenated alkanes) is 2. The van der Waals surface area contributed by atoms with Gasteiger partial charge in [0, 0.05) is 48.9 Å². The number of ketones is 1. The quantitative estimate of drug-likeness (QED) is 0.0392. The Balaban J connectivity index is 1.43. The van der Waals surface area contributed by atoms with Gasteiger partial charge < -0.3 is 39.6 Å². The Kier molecular flexibility index (Phi) is 19.5. The Morgan fingerprint density at radius 3 is 2.39 bits per heavy atom. The summed E-state index contributed by atoms with van der Waals surface area (Å²) in [5, 5.41) is 19.2. The molecule has 0 radical (unpaired) electrons. The van der Waals surface area contributed by atoms with E-state index in [1.54, 1.807) is 11.9 Å². The maximum absolute atomic E-state index is 12.5. The number of rotatable bonds is 27. The third-order valence-electron chi connectivity index (χ3n) is 7.39. The van der Waals surface area contributed by atoms with E-state index in [9.17, 15) is 24.3 Å². The first kappa shape index (κ1) is 37.6. The number of azide groups is 1. The van der Waals surface area contributed by atoms with E-state index in [0.29, 0.717) is 70.5 Å². The second-order valence-corrected chi connectivity index (χ2v) is 12.1. The first-order valence-electron chi connectivity index (χ1n) is 15.3. The highest BCUT2D eigenvalue weighted by Gasteiger charge is 2.42. The molecule has 0 aliphatic carbocycles. The topological polar surface area (TPSA) is 201 Å². The van der Waals surface area contributed by atoms with Crippen LogP contribution in [0.3, 0.4) is 0 Å². The molecule has 2 saturated heterocycles. The zero-order chi connectivity index (χ0) is 32.0. The normalized spacial score (nSPS) is 19.5. The van der Waals surface area contributed by atoms with Crippen molar-refractivity contribution in [3.63, 3.8) is 0 Å². The molecule has 0 spiro atoms. The highest BCUT2D eigenvalue weighted by molar-refractivity contribution is 8.00. The van der Waals surface area contributed by atoms with Crippen LogP contribution in [0, 0.1) is 5.92 Å². The van der Waals surface area contributed by atoms with Crippen molar-refractivity contribution in [1.29, 1.82) is 0 Å². The predicted molar refractivity (Wildman–Crippen MR) is 163 cm³/mol. The van der Waals surface area contributed by atoms with E-state index in [1.807, 2.05) is 11.8 Å². The summed E-state index contributed by atoms with van der Waals surface area (Å²) in [6, 6.07) is 0.304. The standard InChI is InChI=1S/C28H48N6O9S/c1-34(25(36)8-3-2-7-24-26-23(20-44-24)31-28(39)32-26)10-5-4-6-21(27(37)38)18-22(35)19-43-17-16-42-15-14-41-13-12-40-11-9-30-33-29/h21,23-24,26H,2-20H2,1H3,(H,37,38)(H2,31,32,39)/t21-,23+,24+,26+/m1/s1. The molecule has 2 aliphatic heterocycles. The summed E-state index contributed by atoms with van der Waals surface area (Å²) in [6.45, 7) is 3.03. The Bertz CT molecular complexity index is 939. The molecule has 3 amide bonds. The van der Waals surface area contributed by atoms with Crippen molar-refractivity contribution in [2.24, 2.45) is 11.0 Å². The van der Waals surface area contributed by atoms with Gasteiger partial charge in [0.05, 0.1) is 64.2 Å². The van der Waals surface area contributed by atoms with Crippen LogP contribution in [0.2, 0.25) is 0 Å². The van der Waals surface area contributed by atoms with Gasteiger partial charge in [-0.05, 0) is 31.2 Å². The summed E-state index contributed by atoms with van der Waals surface area (Å²) in [7, 11) is 1.76. The third kappa shape index (κ3) is 15.9. The van der Waals surface area contributed by atoms with Gasteiger partial charge in [-0.1, -0.05) is 18.0 Å². The first-order chi connectivity index (χ1) is 21.3. The molecule has 250 valence electrons. The third-order valence-corrected chi connectivity index (χ3v) is 8.90. The van der Waals surface area contributed by atoms with Crippen molar-refractivity contribution >= 4 is 35.5 Å². The van der Waals surface area contributed by atoms with Crippen LogP contribution < -0.4 is 10.6 Å². The van der Waals surface area contributed by atoms with Gasteiger partial charge in [0.25, 0.3) is 0 Å². The second kappa shape index (κ2) is 22.8. The lowest BCUT2D eigenvalue weighted by Crippen LogP contribution is -2.36. The van der Waals surface area contributed by atoms with E-state index in [1.165, 1.54) is 0 Å². The lowest BCUT2D eigenvalue weighted by Gasteiger charge is -2.19. The smallest absolute Gasteiger partial charge is 0.315 e. The highest BCUT2D eigenvalue weighted by Crippen LogP contribution is 2.33. The molecule has 2 rings (SSSR count). The van der Waals surface area contributed by atoms with Crippen molar-refractivity contribution < 1.29 is 43.2 Å². The van der Waals surface area contributed by atoms with Crippen molar-refractivity contribution in [2.75, 3.05) is 78.7 Å². The molecule has 0 saturated carbocycles. The average Bonchev–Trinajstić information content (AvgIpc) is 3.55. The van der Waals surface area contributed by atoms with Crippen molar-refractivity contribution in [2.45, 2.75) is 68.7 Å². The van der Waals surface area contributed by atoms with Gasteiger partial charge in [0.1, 0.15) is 6.61 Å². The van der Waals surface area contributed by atoms with E-state index < -0.39 is 11.9 Å². The average molecular weight is 645 g/mol. The monoisotopic (exact) mass is 644 g/mol. The maximum atomic E-state index is 12.5. The van der Waals surface area contributed by atoms with Gasteiger partial charge in [-0.15, -0.1) is 0 Å². The molecule has 16 heteroatoms. The summed E-state index contributed by atoms with van der Waals surface area (Å²) >= 11 is 1.87. The van der Waals surface area contributed by atoms with E-state index in [4.69, 9.17) is 24.5 Å². The number of ether oxygens (including phenoxy) is 4. The van der Waals surface area contributed by atoms with E-state index in [-0.39, 0.29) is 62.6 Å². The molecule has 0 unspecified atom stereocenters. The molecule has 2 heterocycles. The van der Waals surface area contributed by atoms with E-state index >= 15 is 0 Å². The number of fused-ring (bicyclic) bond motifs is 1. The summed E-state index contributed by atoms with van der Waals surface area (Å²) in [4.78, 5) is 52.2. The number of amides is 3.